The van der Waals surface area contributed by atoms with E-state index < -0.39 is 16.8 Å². The van der Waals surface area contributed by atoms with Gasteiger partial charge < -0.3 is 14.2 Å². The smallest absolute Gasteiger partial charge is 0.307 e. The first-order valence-electron chi connectivity index (χ1n) is 8.45. The molecule has 22 heavy (non-hydrogen) atoms. The molecule has 2 saturated carbocycles. The maximum Gasteiger partial charge on any atom is 0.307 e. The standard InChI is InChI=1S/C18H24O4/c1-15(2)11-8-12-18-10(14(11)15)6-5-7-17(18,9-13(19)22-18)16(3,20-4)21-12/h5,7,10-12,14H,6,8-9H2,1-4H3/t10-,11+,12+,14-,16+,17+,18-/m0/s1. The maximum absolute atomic E-state index is 12.4. The Morgan fingerprint density at radius 3 is 2.77 bits per heavy atom. The van der Waals surface area contributed by atoms with E-state index in [1.165, 1.54) is 0 Å². The Kier molecular flexibility index (Phi) is 2.13. The summed E-state index contributed by atoms with van der Waals surface area (Å²) in [7, 11) is 1.69. The highest BCUT2D eigenvalue weighted by Crippen LogP contribution is 2.78. The van der Waals surface area contributed by atoms with Crippen molar-refractivity contribution in [3.05, 3.63) is 12.2 Å². The van der Waals surface area contributed by atoms with Crippen LogP contribution in [0.25, 0.3) is 0 Å². The average molecular weight is 304 g/mol. The number of esters is 1. The third-order valence-electron chi connectivity index (χ3n) is 7.83. The summed E-state index contributed by atoms with van der Waals surface area (Å²) in [5.74, 6) is 0.794. The molecule has 0 radical (unpaired) electrons. The monoisotopic (exact) mass is 304 g/mol. The molecule has 120 valence electrons. The second kappa shape index (κ2) is 3.46. The van der Waals surface area contributed by atoms with Gasteiger partial charge >= 0.3 is 5.97 Å². The van der Waals surface area contributed by atoms with Crippen molar-refractivity contribution in [3.63, 3.8) is 0 Å². The van der Waals surface area contributed by atoms with Crippen LogP contribution in [0, 0.1) is 28.6 Å². The van der Waals surface area contributed by atoms with E-state index in [2.05, 4.69) is 26.0 Å². The van der Waals surface area contributed by atoms with Gasteiger partial charge in [-0.1, -0.05) is 26.0 Å². The van der Waals surface area contributed by atoms with Crippen molar-refractivity contribution in [2.45, 2.75) is 57.5 Å². The fourth-order valence-corrected chi connectivity index (χ4v) is 6.72. The lowest BCUT2D eigenvalue weighted by atomic mass is 9.54. The highest BCUT2D eigenvalue weighted by molar-refractivity contribution is 5.76. The van der Waals surface area contributed by atoms with Crippen LogP contribution in [0.3, 0.4) is 0 Å². The lowest BCUT2D eigenvalue weighted by Gasteiger charge is -2.50. The molecule has 5 rings (SSSR count). The number of allylic oxidation sites excluding steroid dienone is 1. The molecular weight excluding hydrogens is 280 g/mol. The Labute approximate surface area is 131 Å². The SMILES string of the molecule is CO[C@]1(C)O[C@@H]2C[C@@H]3[C@H]([C@@H]4CC=C[C@@]15CC(=O)O[C@]245)C3(C)C. The molecule has 0 unspecified atom stereocenters. The molecule has 0 amide bonds. The predicted molar refractivity (Wildman–Crippen MR) is 78.8 cm³/mol. The molecule has 4 fully saturated rings. The highest BCUT2D eigenvalue weighted by atomic mass is 16.7. The van der Waals surface area contributed by atoms with Crippen molar-refractivity contribution in [1.82, 2.24) is 0 Å². The van der Waals surface area contributed by atoms with E-state index in [-0.39, 0.29) is 12.1 Å². The van der Waals surface area contributed by atoms with Crippen LogP contribution in [0.4, 0.5) is 0 Å². The van der Waals surface area contributed by atoms with Gasteiger partial charge in [0.05, 0.1) is 11.8 Å². The Morgan fingerprint density at radius 1 is 1.27 bits per heavy atom. The van der Waals surface area contributed by atoms with Gasteiger partial charge in [0.1, 0.15) is 6.10 Å². The van der Waals surface area contributed by atoms with Crippen LogP contribution in [0.2, 0.25) is 0 Å². The number of rotatable bonds is 1. The fourth-order valence-electron chi connectivity index (χ4n) is 6.72. The van der Waals surface area contributed by atoms with Crippen molar-refractivity contribution in [2.75, 3.05) is 7.11 Å². The Balaban J connectivity index is 1.74. The summed E-state index contributed by atoms with van der Waals surface area (Å²) in [5, 5.41) is 0. The van der Waals surface area contributed by atoms with E-state index in [9.17, 15) is 4.79 Å². The van der Waals surface area contributed by atoms with Gasteiger partial charge in [0.25, 0.3) is 0 Å². The zero-order valence-corrected chi connectivity index (χ0v) is 13.7. The summed E-state index contributed by atoms with van der Waals surface area (Å²) in [6.45, 7) is 6.69. The Morgan fingerprint density at radius 2 is 2.05 bits per heavy atom. The van der Waals surface area contributed by atoms with Gasteiger partial charge in [-0.15, -0.1) is 0 Å². The molecule has 4 nitrogen and oxygen atoms in total. The normalized spacial score (nSPS) is 59.5. The van der Waals surface area contributed by atoms with Crippen LogP contribution in [-0.4, -0.2) is 30.6 Å². The van der Waals surface area contributed by atoms with Gasteiger partial charge in [-0.2, -0.15) is 0 Å². The molecule has 2 aliphatic heterocycles. The number of carbonyl (C=O) groups is 1. The van der Waals surface area contributed by atoms with Gasteiger partial charge in [-0.05, 0) is 37.0 Å². The van der Waals surface area contributed by atoms with Gasteiger partial charge in [0, 0.05) is 13.0 Å². The predicted octanol–water partition coefficient (Wildman–Crippen LogP) is 2.67. The first-order valence-corrected chi connectivity index (χ1v) is 8.45. The second-order valence-corrected chi connectivity index (χ2v) is 8.61. The van der Waals surface area contributed by atoms with Crippen LogP contribution in [0.15, 0.2) is 12.2 Å². The van der Waals surface area contributed by atoms with Crippen LogP contribution < -0.4 is 0 Å². The van der Waals surface area contributed by atoms with Crippen molar-refractivity contribution >= 4 is 5.97 Å². The number of carbonyl (C=O) groups excluding carboxylic acids is 1. The first-order chi connectivity index (χ1) is 10.3. The molecule has 4 heteroatoms. The molecule has 2 saturated heterocycles. The molecular formula is C18H24O4. The molecule has 7 atom stereocenters. The molecule has 0 aromatic heterocycles. The van der Waals surface area contributed by atoms with Crippen molar-refractivity contribution in [3.8, 4) is 0 Å². The molecule has 0 aromatic rings. The highest BCUT2D eigenvalue weighted by Gasteiger charge is 2.85. The minimum absolute atomic E-state index is 0.0399. The van der Waals surface area contributed by atoms with E-state index in [0.717, 1.165) is 12.8 Å². The van der Waals surface area contributed by atoms with E-state index in [1.54, 1.807) is 7.11 Å². The van der Waals surface area contributed by atoms with Gasteiger partial charge in [0.15, 0.2) is 11.4 Å². The topological polar surface area (TPSA) is 44.8 Å². The largest absolute Gasteiger partial charge is 0.455 e. The van der Waals surface area contributed by atoms with E-state index in [1.807, 2.05) is 6.92 Å². The Bertz CT molecular complexity index is 610. The van der Waals surface area contributed by atoms with Crippen LogP contribution >= 0.6 is 0 Å². The van der Waals surface area contributed by atoms with E-state index in [4.69, 9.17) is 14.2 Å². The minimum atomic E-state index is -0.778. The molecule has 1 spiro atoms. The first kappa shape index (κ1) is 13.6. The van der Waals surface area contributed by atoms with Gasteiger partial charge in [0.2, 0.25) is 0 Å². The lowest BCUT2D eigenvalue weighted by molar-refractivity contribution is -0.236. The van der Waals surface area contributed by atoms with Crippen LogP contribution in [0.1, 0.15) is 40.0 Å². The quantitative estimate of drug-likeness (QED) is 0.552. The summed E-state index contributed by atoms with van der Waals surface area (Å²) < 4.78 is 18.4. The lowest BCUT2D eigenvalue weighted by Crippen LogP contribution is -2.61. The van der Waals surface area contributed by atoms with Crippen LogP contribution in [-0.2, 0) is 19.0 Å². The summed E-state index contributed by atoms with van der Waals surface area (Å²) in [6, 6.07) is 0. The van der Waals surface area contributed by atoms with E-state index >= 15 is 0 Å². The summed E-state index contributed by atoms with van der Waals surface area (Å²) in [5.41, 5.74) is -0.649. The molecule has 2 heterocycles. The zero-order chi connectivity index (χ0) is 15.5. The summed E-state index contributed by atoms with van der Waals surface area (Å²) >= 11 is 0. The zero-order valence-electron chi connectivity index (χ0n) is 13.7. The van der Waals surface area contributed by atoms with Crippen molar-refractivity contribution in [1.29, 1.82) is 0 Å². The summed E-state index contributed by atoms with van der Waals surface area (Å²) in [6.07, 6.45) is 6.72. The number of fused-ring (bicyclic) bond motifs is 2. The third-order valence-corrected chi connectivity index (χ3v) is 7.83. The number of ether oxygens (including phenoxy) is 3. The fraction of sp³-hybridized carbons (Fsp3) is 0.833. The van der Waals surface area contributed by atoms with Crippen LogP contribution in [0.5, 0.6) is 0 Å². The summed E-state index contributed by atoms with van der Waals surface area (Å²) in [4.78, 5) is 12.4. The molecule has 0 bridgehead atoms. The maximum atomic E-state index is 12.4. The molecule has 0 aromatic carbocycles. The van der Waals surface area contributed by atoms with Crippen molar-refractivity contribution < 1.29 is 19.0 Å². The average Bonchev–Trinajstić information content (AvgIpc) is 2.77. The minimum Gasteiger partial charge on any atom is -0.455 e. The number of methoxy groups -OCH3 is 1. The number of hydrogen-bond donors (Lipinski definition) is 0. The molecule has 3 aliphatic carbocycles. The van der Waals surface area contributed by atoms with Gasteiger partial charge in [-0.25, -0.2) is 0 Å². The molecule has 0 N–H and O–H groups in total. The number of hydrogen-bond acceptors (Lipinski definition) is 4. The third kappa shape index (κ3) is 1.08. The van der Waals surface area contributed by atoms with Gasteiger partial charge in [-0.3, -0.25) is 4.79 Å². The Hall–Kier alpha value is -0.870. The molecule has 5 aliphatic rings. The second-order valence-electron chi connectivity index (χ2n) is 8.61. The van der Waals surface area contributed by atoms with Crippen molar-refractivity contribution in [2.24, 2.45) is 28.6 Å². The van der Waals surface area contributed by atoms with E-state index in [0.29, 0.717) is 29.6 Å².